The lowest BCUT2D eigenvalue weighted by Crippen LogP contribution is -2.18. The summed E-state index contributed by atoms with van der Waals surface area (Å²) in [5, 5.41) is 0. The van der Waals surface area contributed by atoms with Crippen LogP contribution in [0.25, 0.3) is 0 Å². The average Bonchev–Trinajstić information content (AvgIpc) is 3.08. The van der Waals surface area contributed by atoms with Crippen molar-refractivity contribution >= 4 is 11.9 Å². The van der Waals surface area contributed by atoms with Crippen molar-refractivity contribution < 1.29 is 14.3 Å². The maximum atomic E-state index is 12.3. The number of ether oxygens (including phenoxy) is 1. The number of benzene rings is 1. The van der Waals surface area contributed by atoms with Gasteiger partial charge in [0.15, 0.2) is 0 Å². The van der Waals surface area contributed by atoms with Crippen LogP contribution in [0, 0.1) is 5.92 Å². The Kier molecular flexibility index (Phi) is 3.36. The maximum absolute atomic E-state index is 12.3. The molecule has 1 aliphatic rings. The van der Waals surface area contributed by atoms with Crippen LogP contribution in [-0.4, -0.2) is 29.4 Å². The van der Waals surface area contributed by atoms with Crippen LogP contribution in [0.15, 0.2) is 24.3 Å². The summed E-state index contributed by atoms with van der Waals surface area (Å²) < 4.78 is 5.05. The third-order valence-electron chi connectivity index (χ3n) is 3.05. The zero-order valence-corrected chi connectivity index (χ0v) is 10.8. The van der Waals surface area contributed by atoms with Crippen molar-refractivity contribution in [1.82, 2.24) is 4.90 Å². The predicted octanol–water partition coefficient (Wildman–Crippen LogP) is 2.09. The number of esters is 1. The van der Waals surface area contributed by atoms with E-state index in [-0.39, 0.29) is 5.91 Å². The highest BCUT2D eigenvalue weighted by atomic mass is 16.5. The summed E-state index contributed by atoms with van der Waals surface area (Å²) >= 11 is 0. The van der Waals surface area contributed by atoms with E-state index in [2.05, 4.69) is 13.8 Å². The molecule has 1 aliphatic heterocycles. The first kappa shape index (κ1) is 12.6. The van der Waals surface area contributed by atoms with Gasteiger partial charge in [0.1, 0.15) is 5.75 Å². The van der Waals surface area contributed by atoms with E-state index in [4.69, 9.17) is 4.74 Å². The first-order valence-corrected chi connectivity index (χ1v) is 6.09. The van der Waals surface area contributed by atoms with Gasteiger partial charge in [-0.25, -0.2) is 0 Å². The number of hydrogen-bond donors (Lipinski definition) is 0. The summed E-state index contributed by atoms with van der Waals surface area (Å²) in [6.07, 6.45) is 0. The van der Waals surface area contributed by atoms with Gasteiger partial charge in [0, 0.05) is 13.5 Å². The topological polar surface area (TPSA) is 46.4 Å². The molecule has 1 heterocycles. The van der Waals surface area contributed by atoms with Crippen LogP contribution in [0.4, 0.5) is 0 Å². The van der Waals surface area contributed by atoms with Gasteiger partial charge >= 0.3 is 5.97 Å². The lowest BCUT2D eigenvalue weighted by Gasteiger charge is -2.10. The lowest BCUT2D eigenvalue weighted by molar-refractivity contribution is -0.131. The highest BCUT2D eigenvalue weighted by molar-refractivity contribution is 5.99. The van der Waals surface area contributed by atoms with E-state index in [0.29, 0.717) is 23.3 Å². The number of rotatable bonds is 3. The minimum absolute atomic E-state index is 0.0643. The minimum atomic E-state index is -0.415. The molecule has 0 aliphatic carbocycles. The van der Waals surface area contributed by atoms with E-state index in [1.54, 1.807) is 29.2 Å². The standard InChI is InChI=1S/C14H17NO3/c1-9(2)12-8-15(12)14(17)11-6-4-5-7-13(11)18-10(3)16/h4-7,9,12H,8H2,1-3H3/t12-,15?/m1/s1. The summed E-state index contributed by atoms with van der Waals surface area (Å²) in [6.45, 7) is 6.30. The van der Waals surface area contributed by atoms with Crippen LogP contribution in [0.2, 0.25) is 0 Å². The molecule has 18 heavy (non-hydrogen) atoms. The van der Waals surface area contributed by atoms with Crippen molar-refractivity contribution in [2.24, 2.45) is 5.92 Å². The van der Waals surface area contributed by atoms with Crippen LogP contribution in [0.1, 0.15) is 31.1 Å². The molecule has 1 fully saturated rings. The van der Waals surface area contributed by atoms with E-state index < -0.39 is 5.97 Å². The Morgan fingerprint density at radius 3 is 2.56 bits per heavy atom. The van der Waals surface area contributed by atoms with Crippen LogP contribution in [0.5, 0.6) is 5.75 Å². The zero-order chi connectivity index (χ0) is 13.3. The molecule has 1 saturated heterocycles. The fraction of sp³-hybridized carbons (Fsp3) is 0.429. The molecule has 0 N–H and O–H groups in total. The number of nitrogens with zero attached hydrogens (tertiary/aromatic N) is 1. The Hall–Kier alpha value is -1.84. The Labute approximate surface area is 107 Å². The third-order valence-corrected chi connectivity index (χ3v) is 3.05. The molecule has 1 amide bonds. The summed E-state index contributed by atoms with van der Waals surface area (Å²) in [4.78, 5) is 25.1. The van der Waals surface area contributed by atoms with E-state index in [9.17, 15) is 9.59 Å². The molecule has 2 rings (SSSR count). The molecule has 0 aromatic heterocycles. The van der Waals surface area contributed by atoms with Gasteiger partial charge in [-0.2, -0.15) is 0 Å². The molecule has 1 atom stereocenters. The second kappa shape index (κ2) is 4.80. The van der Waals surface area contributed by atoms with E-state index >= 15 is 0 Å². The molecule has 0 radical (unpaired) electrons. The number of para-hydroxylation sites is 1. The van der Waals surface area contributed by atoms with Crippen molar-refractivity contribution in [3.8, 4) is 5.75 Å². The molecule has 96 valence electrons. The van der Waals surface area contributed by atoms with Crippen LogP contribution < -0.4 is 4.74 Å². The van der Waals surface area contributed by atoms with Gasteiger partial charge in [-0.3, -0.25) is 9.59 Å². The molecule has 1 aromatic carbocycles. The van der Waals surface area contributed by atoms with Crippen molar-refractivity contribution in [2.45, 2.75) is 26.8 Å². The largest absolute Gasteiger partial charge is 0.426 e. The van der Waals surface area contributed by atoms with Crippen molar-refractivity contribution in [3.63, 3.8) is 0 Å². The quantitative estimate of drug-likeness (QED) is 0.467. The first-order valence-electron chi connectivity index (χ1n) is 6.09. The molecule has 0 saturated carbocycles. The average molecular weight is 247 g/mol. The van der Waals surface area contributed by atoms with Gasteiger partial charge in [0.25, 0.3) is 5.91 Å². The van der Waals surface area contributed by atoms with Gasteiger partial charge in [-0.15, -0.1) is 0 Å². The molecule has 4 heteroatoms. The van der Waals surface area contributed by atoms with Gasteiger partial charge in [0.2, 0.25) is 0 Å². The number of hydrogen-bond acceptors (Lipinski definition) is 3. The Morgan fingerprint density at radius 1 is 1.33 bits per heavy atom. The smallest absolute Gasteiger partial charge is 0.308 e. The summed E-state index contributed by atoms with van der Waals surface area (Å²) in [7, 11) is 0. The highest BCUT2D eigenvalue weighted by Crippen LogP contribution is 2.30. The fourth-order valence-electron chi connectivity index (χ4n) is 2.00. The molecule has 0 bridgehead atoms. The van der Waals surface area contributed by atoms with E-state index in [1.807, 2.05) is 0 Å². The van der Waals surface area contributed by atoms with Crippen molar-refractivity contribution in [2.75, 3.05) is 6.54 Å². The summed E-state index contributed by atoms with van der Waals surface area (Å²) in [5.41, 5.74) is 0.454. The van der Waals surface area contributed by atoms with Crippen LogP contribution in [0.3, 0.4) is 0 Å². The third kappa shape index (κ3) is 2.53. The van der Waals surface area contributed by atoms with Crippen molar-refractivity contribution in [3.05, 3.63) is 29.8 Å². The van der Waals surface area contributed by atoms with E-state index in [0.717, 1.165) is 6.54 Å². The molecule has 0 spiro atoms. The first-order chi connectivity index (χ1) is 8.50. The number of carbonyl (C=O) groups is 2. The summed E-state index contributed by atoms with van der Waals surface area (Å²) in [6, 6.07) is 7.16. The second-order valence-corrected chi connectivity index (χ2v) is 4.86. The number of amides is 1. The molecule has 0 unspecified atom stereocenters. The Bertz CT molecular complexity index is 482. The highest BCUT2D eigenvalue weighted by Gasteiger charge is 2.41. The normalized spacial score (nSPS) is 17.8. The monoisotopic (exact) mass is 247 g/mol. The van der Waals surface area contributed by atoms with Gasteiger partial charge in [0.05, 0.1) is 11.6 Å². The van der Waals surface area contributed by atoms with E-state index in [1.165, 1.54) is 6.92 Å². The van der Waals surface area contributed by atoms with Gasteiger partial charge in [-0.1, -0.05) is 26.0 Å². The Morgan fingerprint density at radius 2 is 2.00 bits per heavy atom. The molecule has 1 aromatic rings. The fourth-order valence-corrected chi connectivity index (χ4v) is 2.00. The lowest BCUT2D eigenvalue weighted by atomic mass is 10.1. The van der Waals surface area contributed by atoms with Crippen LogP contribution >= 0.6 is 0 Å². The zero-order valence-electron chi connectivity index (χ0n) is 10.8. The molecule has 4 nitrogen and oxygen atoms in total. The van der Waals surface area contributed by atoms with Crippen LogP contribution in [-0.2, 0) is 4.79 Å². The molecular weight excluding hydrogens is 230 g/mol. The minimum Gasteiger partial charge on any atom is -0.426 e. The maximum Gasteiger partial charge on any atom is 0.308 e. The summed E-state index contributed by atoms with van der Waals surface area (Å²) in [5.74, 6) is 0.311. The van der Waals surface area contributed by atoms with Gasteiger partial charge in [-0.05, 0) is 18.1 Å². The Balaban J connectivity index is 2.18. The number of carbonyl (C=O) groups excluding carboxylic acids is 2. The molecular formula is C14H17NO3. The van der Waals surface area contributed by atoms with Crippen molar-refractivity contribution in [1.29, 1.82) is 0 Å². The predicted molar refractivity (Wildman–Crippen MR) is 67.4 cm³/mol. The SMILES string of the molecule is CC(=O)Oc1ccccc1C(=O)N1C[C@@H]1C(C)C. The second-order valence-electron chi connectivity index (χ2n) is 4.86. The van der Waals surface area contributed by atoms with Gasteiger partial charge < -0.3 is 9.64 Å².